The zero-order chi connectivity index (χ0) is 18.4. The fourth-order valence-corrected chi connectivity index (χ4v) is 2.73. The lowest BCUT2D eigenvalue weighted by molar-refractivity contribution is -0.122. The first-order chi connectivity index (χ1) is 12.6. The minimum Gasteiger partial charge on any atom is -0.348 e. The Morgan fingerprint density at radius 2 is 2.04 bits per heavy atom. The van der Waals surface area contributed by atoms with E-state index in [4.69, 9.17) is 0 Å². The van der Waals surface area contributed by atoms with Gasteiger partial charge in [-0.3, -0.25) is 14.7 Å². The smallest absolute Gasteiger partial charge is 0.234 e. The van der Waals surface area contributed by atoms with E-state index in [0.29, 0.717) is 13.1 Å². The largest absolute Gasteiger partial charge is 0.348 e. The zero-order valence-electron chi connectivity index (χ0n) is 14.9. The van der Waals surface area contributed by atoms with Crippen LogP contribution in [0.3, 0.4) is 0 Å². The summed E-state index contributed by atoms with van der Waals surface area (Å²) in [7, 11) is 1.92. The molecule has 0 saturated carbocycles. The molecule has 0 saturated heterocycles. The maximum absolute atomic E-state index is 12.3. The van der Waals surface area contributed by atoms with Gasteiger partial charge in [-0.2, -0.15) is 5.10 Å². The molecular weight excluding hydrogens is 328 g/mol. The summed E-state index contributed by atoms with van der Waals surface area (Å²) in [5.74, 6) is -0.00996. The summed E-state index contributed by atoms with van der Waals surface area (Å²) in [6.07, 6.45) is 6.71. The molecule has 26 heavy (non-hydrogen) atoms. The van der Waals surface area contributed by atoms with Crippen molar-refractivity contribution in [3.8, 4) is 5.69 Å². The summed E-state index contributed by atoms with van der Waals surface area (Å²) in [6, 6.07) is 11.7. The first-order valence-electron chi connectivity index (χ1n) is 8.43. The molecule has 0 spiro atoms. The number of rotatable bonds is 7. The lowest BCUT2D eigenvalue weighted by Crippen LogP contribution is -2.36. The van der Waals surface area contributed by atoms with Crippen LogP contribution in [0.5, 0.6) is 0 Å². The molecule has 0 radical (unpaired) electrons. The third-order valence-electron chi connectivity index (χ3n) is 4.04. The molecule has 1 atom stereocenters. The van der Waals surface area contributed by atoms with E-state index in [2.05, 4.69) is 20.4 Å². The molecule has 1 aromatic carbocycles. The highest BCUT2D eigenvalue weighted by Gasteiger charge is 2.12. The van der Waals surface area contributed by atoms with Crippen molar-refractivity contribution in [2.24, 2.45) is 0 Å². The number of benzene rings is 1. The van der Waals surface area contributed by atoms with Crippen molar-refractivity contribution in [2.75, 3.05) is 13.6 Å². The first kappa shape index (κ1) is 17.8. The van der Waals surface area contributed by atoms with Crippen LogP contribution in [0.2, 0.25) is 0 Å². The minimum atomic E-state index is -0.0703. The molecule has 3 rings (SSSR count). The summed E-state index contributed by atoms with van der Waals surface area (Å²) < 4.78 is 1.69. The van der Waals surface area contributed by atoms with Crippen molar-refractivity contribution >= 4 is 5.91 Å². The predicted molar refractivity (Wildman–Crippen MR) is 98.5 cm³/mol. The van der Waals surface area contributed by atoms with Gasteiger partial charge in [0.25, 0.3) is 0 Å². The van der Waals surface area contributed by atoms with Gasteiger partial charge in [0, 0.05) is 18.9 Å². The molecule has 0 aliphatic heterocycles. The molecule has 2 aromatic heterocycles. The highest BCUT2D eigenvalue weighted by Crippen LogP contribution is 2.15. The second kappa shape index (κ2) is 8.35. The van der Waals surface area contributed by atoms with Crippen LogP contribution >= 0.6 is 0 Å². The van der Waals surface area contributed by atoms with E-state index in [0.717, 1.165) is 16.8 Å². The number of carbonyl (C=O) groups is 1. The van der Waals surface area contributed by atoms with E-state index in [1.807, 2.05) is 61.5 Å². The van der Waals surface area contributed by atoms with Gasteiger partial charge in [-0.25, -0.2) is 9.67 Å². The second-order valence-electron chi connectivity index (χ2n) is 6.25. The molecule has 0 aliphatic rings. The number of likely N-dealkylation sites (N-methyl/N-ethyl adjacent to an activating group) is 1. The Bertz CT molecular complexity index is 817. The number of pyridine rings is 1. The van der Waals surface area contributed by atoms with E-state index in [9.17, 15) is 4.79 Å². The number of hydrogen-bond acceptors (Lipinski definition) is 5. The fraction of sp³-hybridized carbons (Fsp3) is 0.263. The topological polar surface area (TPSA) is 75.9 Å². The average Bonchev–Trinajstić information content (AvgIpc) is 3.17. The molecule has 0 bridgehead atoms. The molecule has 1 N–H and O–H groups in total. The number of carbonyl (C=O) groups excluding carboxylic acids is 1. The quantitative estimate of drug-likeness (QED) is 0.705. The Kier molecular flexibility index (Phi) is 5.70. The van der Waals surface area contributed by atoms with Gasteiger partial charge >= 0.3 is 0 Å². The van der Waals surface area contributed by atoms with E-state index in [1.165, 1.54) is 6.33 Å². The van der Waals surface area contributed by atoms with Gasteiger partial charge in [0.05, 0.1) is 18.3 Å². The van der Waals surface area contributed by atoms with Crippen molar-refractivity contribution in [1.29, 1.82) is 0 Å². The van der Waals surface area contributed by atoms with Crippen LogP contribution < -0.4 is 5.32 Å². The van der Waals surface area contributed by atoms with Crippen molar-refractivity contribution in [3.05, 3.63) is 72.6 Å². The average molecular weight is 350 g/mol. The zero-order valence-corrected chi connectivity index (χ0v) is 14.9. The van der Waals surface area contributed by atoms with Crippen molar-refractivity contribution in [1.82, 2.24) is 30.0 Å². The van der Waals surface area contributed by atoms with Gasteiger partial charge in [0.1, 0.15) is 12.7 Å². The summed E-state index contributed by atoms with van der Waals surface area (Å²) in [6.45, 7) is 2.99. The Labute approximate surface area is 152 Å². The molecule has 0 fully saturated rings. The summed E-state index contributed by atoms with van der Waals surface area (Å²) >= 11 is 0. The maximum Gasteiger partial charge on any atom is 0.234 e. The predicted octanol–water partition coefficient (Wildman–Crippen LogP) is 1.97. The SMILES string of the molecule is CC(NC(=O)CN(C)Cc1cccnc1)c1ccc(-n2cncn2)cc1. The highest BCUT2D eigenvalue weighted by molar-refractivity contribution is 5.78. The molecule has 134 valence electrons. The standard InChI is InChI=1S/C19H22N6O/c1-15(17-5-7-18(8-6-17)25-14-21-13-22-25)23-19(26)12-24(2)11-16-4-3-9-20-10-16/h3-10,13-15H,11-12H2,1-2H3,(H,23,26). The number of amides is 1. The molecule has 7 heteroatoms. The normalized spacial score (nSPS) is 12.1. The van der Waals surface area contributed by atoms with E-state index < -0.39 is 0 Å². The molecule has 3 aromatic rings. The van der Waals surface area contributed by atoms with Gasteiger partial charge < -0.3 is 5.32 Å². The summed E-state index contributed by atoms with van der Waals surface area (Å²) in [5, 5.41) is 7.14. The fourth-order valence-electron chi connectivity index (χ4n) is 2.73. The molecule has 1 amide bonds. The van der Waals surface area contributed by atoms with Crippen molar-refractivity contribution < 1.29 is 4.79 Å². The van der Waals surface area contributed by atoms with Gasteiger partial charge in [-0.15, -0.1) is 0 Å². The van der Waals surface area contributed by atoms with Crippen molar-refractivity contribution in [3.63, 3.8) is 0 Å². The highest BCUT2D eigenvalue weighted by atomic mass is 16.2. The molecule has 1 unspecified atom stereocenters. The van der Waals surface area contributed by atoms with Crippen LogP contribution in [0.1, 0.15) is 24.1 Å². The van der Waals surface area contributed by atoms with Crippen LogP contribution in [-0.4, -0.2) is 44.1 Å². The maximum atomic E-state index is 12.3. The monoisotopic (exact) mass is 350 g/mol. The van der Waals surface area contributed by atoms with Gasteiger partial charge in [0.2, 0.25) is 5.91 Å². The van der Waals surface area contributed by atoms with E-state index >= 15 is 0 Å². The van der Waals surface area contributed by atoms with Gasteiger partial charge in [0.15, 0.2) is 0 Å². The molecule has 7 nitrogen and oxygen atoms in total. The Hall–Kier alpha value is -3.06. The third kappa shape index (κ3) is 4.73. The van der Waals surface area contributed by atoms with Crippen molar-refractivity contribution in [2.45, 2.75) is 19.5 Å². The van der Waals surface area contributed by atoms with Gasteiger partial charge in [-0.1, -0.05) is 18.2 Å². The van der Waals surface area contributed by atoms with Gasteiger partial charge in [-0.05, 0) is 43.3 Å². The first-order valence-corrected chi connectivity index (χ1v) is 8.43. The molecular formula is C19H22N6O. The number of nitrogens with one attached hydrogen (secondary N) is 1. The Morgan fingerprint density at radius 3 is 2.69 bits per heavy atom. The minimum absolute atomic E-state index is 0.00996. The van der Waals surface area contributed by atoms with Crippen LogP contribution in [0, 0.1) is 0 Å². The third-order valence-corrected chi connectivity index (χ3v) is 4.04. The van der Waals surface area contributed by atoms with Crippen LogP contribution in [0.25, 0.3) is 5.69 Å². The Balaban J connectivity index is 1.52. The number of hydrogen-bond donors (Lipinski definition) is 1. The van der Waals surface area contributed by atoms with E-state index in [-0.39, 0.29) is 11.9 Å². The summed E-state index contributed by atoms with van der Waals surface area (Å²) in [5.41, 5.74) is 3.05. The summed E-state index contributed by atoms with van der Waals surface area (Å²) in [4.78, 5) is 22.3. The number of nitrogens with zero attached hydrogens (tertiary/aromatic N) is 5. The molecule has 2 heterocycles. The van der Waals surface area contributed by atoms with E-state index in [1.54, 1.807) is 17.2 Å². The lowest BCUT2D eigenvalue weighted by atomic mass is 10.1. The number of aromatic nitrogens is 4. The second-order valence-corrected chi connectivity index (χ2v) is 6.25. The van der Waals surface area contributed by atoms with Crippen LogP contribution in [0.15, 0.2) is 61.4 Å². The lowest BCUT2D eigenvalue weighted by Gasteiger charge is -2.19. The molecule has 0 aliphatic carbocycles. The van der Waals surface area contributed by atoms with Crippen LogP contribution in [-0.2, 0) is 11.3 Å². The Morgan fingerprint density at radius 1 is 1.23 bits per heavy atom. The van der Waals surface area contributed by atoms with Crippen LogP contribution in [0.4, 0.5) is 0 Å².